The zero-order chi connectivity index (χ0) is 18.6. The summed E-state index contributed by atoms with van der Waals surface area (Å²) in [6.45, 7) is 3.10. The number of piperidine rings is 1. The number of H-pyrrole nitrogens is 1. The first-order valence-corrected chi connectivity index (χ1v) is 10.5. The molecule has 1 saturated heterocycles. The summed E-state index contributed by atoms with van der Waals surface area (Å²) in [7, 11) is 0. The molecule has 2 aliphatic heterocycles. The second-order valence-electron chi connectivity index (χ2n) is 8.56. The van der Waals surface area contributed by atoms with Gasteiger partial charge in [0.25, 0.3) is 0 Å². The molecule has 3 aromatic rings. The van der Waals surface area contributed by atoms with Crippen LogP contribution in [0.3, 0.4) is 0 Å². The Morgan fingerprint density at radius 3 is 2.75 bits per heavy atom. The first-order chi connectivity index (χ1) is 13.8. The fraction of sp³-hybridized carbons (Fsp3) is 0.524. The third kappa shape index (κ3) is 2.48. The number of anilines is 2. The molecule has 5 heterocycles. The van der Waals surface area contributed by atoms with Gasteiger partial charge >= 0.3 is 0 Å². The highest BCUT2D eigenvalue weighted by Gasteiger charge is 2.37. The van der Waals surface area contributed by atoms with E-state index in [1.807, 2.05) is 18.5 Å². The van der Waals surface area contributed by atoms with E-state index in [4.69, 9.17) is 9.97 Å². The Balaban J connectivity index is 1.30. The Bertz CT molecular complexity index is 1020. The molecule has 1 saturated carbocycles. The fourth-order valence-corrected chi connectivity index (χ4v) is 5.40. The molecular formula is C21H25N7. The van der Waals surface area contributed by atoms with Crippen molar-refractivity contribution in [3.05, 3.63) is 24.0 Å². The summed E-state index contributed by atoms with van der Waals surface area (Å²) >= 11 is 0. The number of aromatic amines is 1. The summed E-state index contributed by atoms with van der Waals surface area (Å²) in [5.41, 5.74) is 5.46. The number of rotatable bonds is 2. The number of aromatic nitrogens is 5. The number of hydrogen-bond donors (Lipinski definition) is 2. The van der Waals surface area contributed by atoms with Crippen molar-refractivity contribution in [1.82, 2.24) is 25.1 Å². The lowest BCUT2D eigenvalue weighted by Gasteiger charge is -2.39. The minimum absolute atomic E-state index is 0.614. The van der Waals surface area contributed by atoms with E-state index in [2.05, 4.69) is 25.4 Å². The normalized spacial score (nSPS) is 20.6. The van der Waals surface area contributed by atoms with Crippen molar-refractivity contribution >= 4 is 22.8 Å². The van der Waals surface area contributed by atoms with Gasteiger partial charge in [-0.2, -0.15) is 5.10 Å². The lowest BCUT2D eigenvalue weighted by molar-refractivity contribution is 0.226. The summed E-state index contributed by atoms with van der Waals surface area (Å²) in [6.07, 6.45) is 13.0. The Hall–Kier alpha value is -2.70. The van der Waals surface area contributed by atoms with Gasteiger partial charge in [0.1, 0.15) is 17.2 Å². The summed E-state index contributed by atoms with van der Waals surface area (Å²) in [6, 6.07) is 2.04. The van der Waals surface area contributed by atoms with E-state index in [1.165, 1.54) is 44.1 Å². The molecule has 0 aromatic carbocycles. The van der Waals surface area contributed by atoms with Crippen molar-refractivity contribution in [3.63, 3.8) is 0 Å². The van der Waals surface area contributed by atoms with Crippen LogP contribution in [-0.2, 0) is 6.42 Å². The van der Waals surface area contributed by atoms with Crippen molar-refractivity contribution in [1.29, 1.82) is 0 Å². The second kappa shape index (κ2) is 6.15. The predicted molar refractivity (Wildman–Crippen MR) is 109 cm³/mol. The van der Waals surface area contributed by atoms with Crippen LogP contribution >= 0.6 is 0 Å². The molecule has 1 aliphatic carbocycles. The van der Waals surface area contributed by atoms with Gasteiger partial charge in [-0.15, -0.1) is 0 Å². The van der Waals surface area contributed by atoms with Crippen LogP contribution < -0.4 is 10.2 Å². The molecule has 2 N–H and O–H groups in total. The highest BCUT2D eigenvalue weighted by atomic mass is 15.2. The summed E-state index contributed by atoms with van der Waals surface area (Å²) in [4.78, 5) is 16.4. The van der Waals surface area contributed by atoms with Crippen LogP contribution in [0.15, 0.2) is 18.5 Å². The number of nitrogens with zero attached hydrogens (tertiary/aromatic N) is 5. The lowest BCUT2D eigenvalue weighted by atomic mass is 9.77. The Kier molecular flexibility index (Phi) is 3.58. The molecule has 1 spiro atoms. The van der Waals surface area contributed by atoms with Gasteiger partial charge in [0, 0.05) is 37.0 Å². The molecule has 3 aromatic heterocycles. The van der Waals surface area contributed by atoms with Gasteiger partial charge in [-0.3, -0.25) is 5.10 Å². The maximum Gasteiger partial charge on any atom is 0.202 e. The van der Waals surface area contributed by atoms with E-state index in [1.54, 1.807) is 0 Å². The highest BCUT2D eigenvalue weighted by Crippen LogP contribution is 2.46. The molecule has 0 atom stereocenters. The molecule has 144 valence electrons. The topological polar surface area (TPSA) is 82.6 Å². The zero-order valence-electron chi connectivity index (χ0n) is 16.0. The van der Waals surface area contributed by atoms with Crippen LogP contribution in [0, 0.1) is 5.41 Å². The van der Waals surface area contributed by atoms with E-state index in [0.29, 0.717) is 11.1 Å². The van der Waals surface area contributed by atoms with Gasteiger partial charge in [0.15, 0.2) is 0 Å². The number of pyridine rings is 1. The van der Waals surface area contributed by atoms with Gasteiger partial charge in [-0.1, -0.05) is 12.8 Å². The second-order valence-corrected chi connectivity index (χ2v) is 8.56. The molecule has 0 unspecified atom stereocenters. The first-order valence-electron chi connectivity index (χ1n) is 10.5. The third-order valence-electron chi connectivity index (χ3n) is 7.06. The molecule has 0 radical (unpaired) electrons. The average molecular weight is 375 g/mol. The van der Waals surface area contributed by atoms with Gasteiger partial charge in [0.2, 0.25) is 5.65 Å². The van der Waals surface area contributed by atoms with Crippen molar-refractivity contribution < 1.29 is 0 Å². The Morgan fingerprint density at radius 2 is 1.89 bits per heavy atom. The molecule has 7 nitrogen and oxygen atoms in total. The van der Waals surface area contributed by atoms with E-state index in [9.17, 15) is 0 Å². The Labute approximate surface area is 164 Å². The van der Waals surface area contributed by atoms with Crippen LogP contribution in [0.5, 0.6) is 0 Å². The van der Waals surface area contributed by atoms with E-state index in [0.717, 1.165) is 54.5 Å². The van der Waals surface area contributed by atoms with Crippen LogP contribution in [0.2, 0.25) is 0 Å². The van der Waals surface area contributed by atoms with Gasteiger partial charge in [-0.25, -0.2) is 15.0 Å². The molecular weight excluding hydrogens is 350 g/mol. The molecule has 7 heteroatoms. The maximum atomic E-state index is 4.84. The molecule has 6 rings (SSSR count). The van der Waals surface area contributed by atoms with Gasteiger partial charge in [-0.05, 0) is 43.6 Å². The van der Waals surface area contributed by atoms with Crippen LogP contribution in [0.4, 0.5) is 11.6 Å². The van der Waals surface area contributed by atoms with E-state index < -0.39 is 0 Å². The van der Waals surface area contributed by atoms with Gasteiger partial charge in [0.05, 0.1) is 11.9 Å². The van der Waals surface area contributed by atoms with Gasteiger partial charge < -0.3 is 10.2 Å². The lowest BCUT2D eigenvalue weighted by Crippen LogP contribution is -2.39. The predicted octanol–water partition coefficient (Wildman–Crippen LogP) is 3.54. The minimum Gasteiger partial charge on any atom is -0.369 e. The number of hydrogen-bond acceptors (Lipinski definition) is 6. The summed E-state index contributed by atoms with van der Waals surface area (Å²) < 4.78 is 0. The van der Waals surface area contributed by atoms with E-state index >= 15 is 0 Å². The summed E-state index contributed by atoms with van der Waals surface area (Å²) in [5, 5.41) is 11.0. The minimum atomic E-state index is 0.614. The molecule has 0 bridgehead atoms. The fourth-order valence-electron chi connectivity index (χ4n) is 5.40. The van der Waals surface area contributed by atoms with Crippen LogP contribution in [-0.4, -0.2) is 44.8 Å². The molecule has 0 amide bonds. The smallest absolute Gasteiger partial charge is 0.202 e. The molecule has 2 fully saturated rings. The van der Waals surface area contributed by atoms with Crippen LogP contribution in [0.1, 0.15) is 44.1 Å². The molecule has 28 heavy (non-hydrogen) atoms. The largest absolute Gasteiger partial charge is 0.369 e. The standard InChI is InChI=1S/C21H25N7/c1-2-6-21(5-1)7-11-28(12-8-21)16-13-24-18-17(26-27-20(18)25-16)14-3-9-22-19-15(14)4-10-23-19/h3,9,13H,1-2,4-8,10-12H2,(H,22,23)(H,25,26,27). The SMILES string of the molecule is c1cc(-c2[nH]nc3nc(N4CCC5(CCCC5)CC4)cnc23)c2c(n1)NCC2. The maximum absolute atomic E-state index is 4.84. The van der Waals surface area contributed by atoms with Crippen molar-refractivity contribution in [2.45, 2.75) is 44.9 Å². The molecule has 3 aliphatic rings. The Morgan fingerprint density at radius 1 is 1.04 bits per heavy atom. The third-order valence-corrected chi connectivity index (χ3v) is 7.06. The number of nitrogens with one attached hydrogen (secondary N) is 2. The zero-order valence-corrected chi connectivity index (χ0v) is 16.0. The van der Waals surface area contributed by atoms with Crippen molar-refractivity contribution in [3.8, 4) is 11.3 Å². The van der Waals surface area contributed by atoms with Crippen LogP contribution in [0.25, 0.3) is 22.4 Å². The van der Waals surface area contributed by atoms with Crippen molar-refractivity contribution in [2.75, 3.05) is 29.9 Å². The average Bonchev–Trinajstić information content (AvgIpc) is 3.47. The summed E-state index contributed by atoms with van der Waals surface area (Å²) in [5.74, 6) is 1.93. The van der Waals surface area contributed by atoms with Crippen molar-refractivity contribution in [2.24, 2.45) is 5.41 Å². The first kappa shape index (κ1) is 16.3. The monoisotopic (exact) mass is 375 g/mol. The number of fused-ring (bicyclic) bond motifs is 2. The van der Waals surface area contributed by atoms with E-state index in [-0.39, 0.29) is 0 Å². The highest BCUT2D eigenvalue weighted by molar-refractivity contribution is 5.90. The quantitative estimate of drug-likeness (QED) is 0.713.